The largest absolute Gasteiger partial charge is 0.352 e. The molecule has 1 aromatic carbocycles. The number of benzene rings is 1. The minimum Gasteiger partial charge on any atom is -0.352 e. The number of rotatable bonds is 2. The van der Waals surface area contributed by atoms with Crippen molar-refractivity contribution in [3.05, 3.63) is 59.0 Å². The minimum absolute atomic E-state index is 0.249. The van der Waals surface area contributed by atoms with Crippen molar-refractivity contribution in [2.24, 2.45) is 0 Å². The van der Waals surface area contributed by atoms with Gasteiger partial charge in [-0.15, -0.1) is 0 Å². The number of halogens is 3. The third-order valence-corrected chi connectivity index (χ3v) is 4.04. The highest BCUT2D eigenvalue weighted by Gasteiger charge is 2.27. The van der Waals surface area contributed by atoms with Gasteiger partial charge < -0.3 is 9.80 Å². The van der Waals surface area contributed by atoms with E-state index in [0.29, 0.717) is 24.5 Å². The third-order valence-electron chi connectivity index (χ3n) is 4.04. The number of aromatic nitrogens is 1. The number of nitrogens with zero attached hydrogens (tertiary/aromatic N) is 4. The van der Waals surface area contributed by atoms with E-state index in [1.165, 1.54) is 4.90 Å². The van der Waals surface area contributed by atoms with E-state index in [1.807, 2.05) is 4.90 Å². The van der Waals surface area contributed by atoms with Gasteiger partial charge in [0.25, 0.3) is 5.91 Å². The molecule has 0 atom stereocenters. The fourth-order valence-electron chi connectivity index (χ4n) is 2.72. The molecule has 1 fully saturated rings. The molecule has 0 saturated carbocycles. The first-order chi connectivity index (χ1) is 12.0. The lowest BCUT2D eigenvalue weighted by molar-refractivity contribution is 0.0740. The molecule has 1 aliphatic heterocycles. The number of carbonyl (C=O) groups excluding carboxylic acids is 1. The normalized spacial score (nSPS) is 14.3. The molecule has 3 rings (SSSR count). The van der Waals surface area contributed by atoms with Crippen LogP contribution in [-0.2, 0) is 0 Å². The second-order valence-corrected chi connectivity index (χ2v) is 5.49. The van der Waals surface area contributed by atoms with Gasteiger partial charge in [0.05, 0.1) is 11.1 Å². The number of carbonyl (C=O) groups is 1. The van der Waals surface area contributed by atoms with Crippen molar-refractivity contribution in [3.8, 4) is 6.07 Å². The lowest BCUT2D eigenvalue weighted by Gasteiger charge is -2.35. The zero-order chi connectivity index (χ0) is 18.0. The predicted molar refractivity (Wildman–Crippen MR) is 83.4 cm³/mol. The Kier molecular flexibility index (Phi) is 4.57. The Bertz CT molecular complexity index is 857. The summed E-state index contributed by atoms with van der Waals surface area (Å²) in [4.78, 5) is 19.8. The van der Waals surface area contributed by atoms with E-state index in [9.17, 15) is 18.0 Å². The molecule has 2 heterocycles. The molecule has 1 aromatic heterocycles. The summed E-state index contributed by atoms with van der Waals surface area (Å²) in [7, 11) is 0. The van der Waals surface area contributed by atoms with Crippen LogP contribution in [0.3, 0.4) is 0 Å². The Balaban J connectivity index is 1.74. The van der Waals surface area contributed by atoms with Crippen LogP contribution in [0.25, 0.3) is 0 Å². The van der Waals surface area contributed by atoms with Crippen molar-refractivity contribution in [2.75, 3.05) is 31.1 Å². The summed E-state index contributed by atoms with van der Waals surface area (Å²) in [5.41, 5.74) is -0.0724. The molecule has 128 valence electrons. The Labute approximate surface area is 141 Å². The Hall–Kier alpha value is -3.08. The van der Waals surface area contributed by atoms with E-state index < -0.39 is 28.9 Å². The van der Waals surface area contributed by atoms with E-state index in [4.69, 9.17) is 5.26 Å². The zero-order valence-electron chi connectivity index (χ0n) is 13.0. The first-order valence-corrected chi connectivity index (χ1v) is 7.55. The van der Waals surface area contributed by atoms with Crippen LogP contribution >= 0.6 is 0 Å². The number of amides is 1. The van der Waals surface area contributed by atoms with Gasteiger partial charge in [-0.3, -0.25) is 4.79 Å². The third kappa shape index (κ3) is 3.13. The number of nitriles is 1. The fraction of sp³-hybridized carbons (Fsp3) is 0.235. The van der Waals surface area contributed by atoms with Crippen LogP contribution in [0.15, 0.2) is 30.5 Å². The first kappa shape index (κ1) is 16.8. The minimum atomic E-state index is -1.66. The van der Waals surface area contributed by atoms with Gasteiger partial charge >= 0.3 is 0 Å². The van der Waals surface area contributed by atoms with Crippen LogP contribution in [0.1, 0.15) is 15.9 Å². The van der Waals surface area contributed by atoms with Crippen molar-refractivity contribution >= 4 is 11.7 Å². The van der Waals surface area contributed by atoms with Gasteiger partial charge in [0.1, 0.15) is 11.9 Å². The molecule has 25 heavy (non-hydrogen) atoms. The van der Waals surface area contributed by atoms with Crippen molar-refractivity contribution < 1.29 is 18.0 Å². The molecule has 0 spiro atoms. The van der Waals surface area contributed by atoms with Crippen molar-refractivity contribution in [2.45, 2.75) is 0 Å². The van der Waals surface area contributed by atoms with Crippen LogP contribution < -0.4 is 4.90 Å². The van der Waals surface area contributed by atoms with Crippen molar-refractivity contribution in [1.82, 2.24) is 9.88 Å². The summed E-state index contributed by atoms with van der Waals surface area (Å²) in [5.74, 6) is -4.65. The van der Waals surface area contributed by atoms with Gasteiger partial charge in [0, 0.05) is 32.4 Å². The quantitative estimate of drug-likeness (QED) is 0.783. The van der Waals surface area contributed by atoms with E-state index in [1.54, 1.807) is 18.3 Å². The molecule has 1 amide bonds. The molecule has 0 bridgehead atoms. The van der Waals surface area contributed by atoms with Gasteiger partial charge in [-0.2, -0.15) is 5.26 Å². The number of piperazine rings is 1. The van der Waals surface area contributed by atoms with Crippen molar-refractivity contribution in [1.29, 1.82) is 5.26 Å². The molecule has 5 nitrogen and oxygen atoms in total. The average molecular weight is 346 g/mol. The number of hydrogen-bond donors (Lipinski definition) is 0. The molecule has 0 aliphatic carbocycles. The fourth-order valence-corrected chi connectivity index (χ4v) is 2.72. The SMILES string of the molecule is N#Cc1cccnc1N1CCN(C(=O)c2ccc(F)c(F)c2F)CC1. The predicted octanol–water partition coefficient (Wildman–Crippen LogP) is 2.33. The molecule has 0 radical (unpaired) electrons. The van der Waals surface area contributed by atoms with Crippen LogP contribution in [0.2, 0.25) is 0 Å². The lowest BCUT2D eigenvalue weighted by Crippen LogP contribution is -2.49. The van der Waals surface area contributed by atoms with Gasteiger partial charge in [-0.25, -0.2) is 18.2 Å². The summed E-state index contributed by atoms with van der Waals surface area (Å²) < 4.78 is 40.1. The van der Waals surface area contributed by atoms with Crippen LogP contribution in [-0.4, -0.2) is 42.0 Å². The standard InChI is InChI=1S/C17H13F3N4O/c18-13-4-3-12(14(19)15(13)20)17(25)24-8-6-23(7-9-24)16-11(10-21)2-1-5-22-16/h1-5H,6-9H2. The molecule has 8 heteroatoms. The summed E-state index contributed by atoms with van der Waals surface area (Å²) in [5, 5.41) is 9.13. The lowest BCUT2D eigenvalue weighted by atomic mass is 10.1. The van der Waals surface area contributed by atoms with E-state index >= 15 is 0 Å². The molecule has 1 saturated heterocycles. The molecular weight excluding hydrogens is 333 g/mol. The summed E-state index contributed by atoms with van der Waals surface area (Å²) in [6.07, 6.45) is 1.57. The van der Waals surface area contributed by atoms with Crippen molar-refractivity contribution in [3.63, 3.8) is 0 Å². The van der Waals surface area contributed by atoms with E-state index in [-0.39, 0.29) is 13.1 Å². The van der Waals surface area contributed by atoms with Crippen LogP contribution in [0.5, 0.6) is 0 Å². The highest BCUT2D eigenvalue weighted by Crippen LogP contribution is 2.21. The first-order valence-electron chi connectivity index (χ1n) is 7.55. The molecule has 2 aromatic rings. The van der Waals surface area contributed by atoms with Crippen LogP contribution in [0, 0.1) is 28.8 Å². The molecule has 1 aliphatic rings. The molecule has 0 unspecified atom stereocenters. The maximum atomic E-state index is 13.8. The average Bonchev–Trinajstić information content (AvgIpc) is 2.66. The Morgan fingerprint density at radius 3 is 2.48 bits per heavy atom. The number of hydrogen-bond acceptors (Lipinski definition) is 4. The maximum absolute atomic E-state index is 13.8. The highest BCUT2D eigenvalue weighted by atomic mass is 19.2. The maximum Gasteiger partial charge on any atom is 0.257 e. The molecule has 0 N–H and O–H groups in total. The second kappa shape index (κ2) is 6.81. The summed E-state index contributed by atoms with van der Waals surface area (Å²) in [6.45, 7) is 1.28. The van der Waals surface area contributed by atoms with Gasteiger partial charge in [-0.1, -0.05) is 0 Å². The Morgan fingerprint density at radius 1 is 1.08 bits per heavy atom. The van der Waals surface area contributed by atoms with E-state index in [0.717, 1.165) is 12.1 Å². The van der Waals surface area contributed by atoms with Gasteiger partial charge in [0.2, 0.25) is 0 Å². The number of anilines is 1. The van der Waals surface area contributed by atoms with E-state index in [2.05, 4.69) is 11.1 Å². The Morgan fingerprint density at radius 2 is 1.80 bits per heavy atom. The monoisotopic (exact) mass is 346 g/mol. The summed E-state index contributed by atoms with van der Waals surface area (Å²) >= 11 is 0. The topological polar surface area (TPSA) is 60.2 Å². The number of pyridine rings is 1. The zero-order valence-corrected chi connectivity index (χ0v) is 13.0. The van der Waals surface area contributed by atoms with Gasteiger partial charge in [0.15, 0.2) is 17.5 Å². The summed E-state index contributed by atoms with van der Waals surface area (Å²) in [6, 6.07) is 7.04. The highest BCUT2D eigenvalue weighted by molar-refractivity contribution is 5.94. The van der Waals surface area contributed by atoms with Gasteiger partial charge in [-0.05, 0) is 24.3 Å². The van der Waals surface area contributed by atoms with Crippen LogP contribution in [0.4, 0.5) is 19.0 Å². The second-order valence-electron chi connectivity index (χ2n) is 5.49. The molecular formula is C17H13F3N4O. The smallest absolute Gasteiger partial charge is 0.257 e.